The van der Waals surface area contributed by atoms with Crippen molar-refractivity contribution in [3.8, 4) is 0 Å². The molecule has 0 saturated carbocycles. The van der Waals surface area contributed by atoms with Crippen LogP contribution in [0.3, 0.4) is 0 Å². The maximum Gasteiger partial charge on any atom is 0.281 e. The predicted molar refractivity (Wildman–Crippen MR) is 109 cm³/mol. The molecule has 0 unspecified atom stereocenters. The second-order valence-electron chi connectivity index (χ2n) is 6.99. The standard InChI is InChI=1S/C20H27FN4O2S/c1-4-24(5-2)28(26,27)25-10-9-16(14-25)20-13-19(11-15(3)22-20)23-18-8-6-7-17(21)12-18/h6-8,11-13,16H,4-5,9-10,14H2,1-3H3,(H,22,23)/t16-/m0/s1. The number of hydrogen-bond donors (Lipinski definition) is 1. The Morgan fingerprint density at radius 2 is 1.96 bits per heavy atom. The molecule has 0 spiro atoms. The van der Waals surface area contributed by atoms with E-state index in [2.05, 4.69) is 10.3 Å². The van der Waals surface area contributed by atoms with E-state index in [9.17, 15) is 12.8 Å². The summed E-state index contributed by atoms with van der Waals surface area (Å²) in [5, 5.41) is 3.21. The molecule has 1 saturated heterocycles. The van der Waals surface area contributed by atoms with Gasteiger partial charge in [0.25, 0.3) is 10.2 Å². The van der Waals surface area contributed by atoms with Crippen molar-refractivity contribution in [1.82, 2.24) is 13.6 Å². The zero-order chi connectivity index (χ0) is 20.3. The molecule has 8 heteroatoms. The van der Waals surface area contributed by atoms with Crippen LogP contribution in [-0.4, -0.2) is 48.2 Å². The van der Waals surface area contributed by atoms with Crippen LogP contribution in [0.25, 0.3) is 0 Å². The molecular formula is C20H27FN4O2S. The van der Waals surface area contributed by atoms with Gasteiger partial charge in [-0.05, 0) is 43.7 Å². The number of hydrogen-bond acceptors (Lipinski definition) is 4. The Hall–Kier alpha value is -2.03. The van der Waals surface area contributed by atoms with Gasteiger partial charge in [0.1, 0.15) is 5.82 Å². The van der Waals surface area contributed by atoms with Gasteiger partial charge in [-0.2, -0.15) is 17.0 Å². The van der Waals surface area contributed by atoms with E-state index in [1.54, 1.807) is 16.4 Å². The van der Waals surface area contributed by atoms with E-state index in [1.165, 1.54) is 16.4 Å². The molecule has 28 heavy (non-hydrogen) atoms. The van der Waals surface area contributed by atoms with Crippen molar-refractivity contribution < 1.29 is 12.8 Å². The predicted octanol–water partition coefficient (Wildman–Crippen LogP) is 3.65. The topological polar surface area (TPSA) is 65.5 Å². The van der Waals surface area contributed by atoms with Gasteiger partial charge in [0.15, 0.2) is 0 Å². The van der Waals surface area contributed by atoms with E-state index >= 15 is 0 Å². The first kappa shape index (κ1) is 20.7. The molecular weight excluding hydrogens is 379 g/mol. The number of benzene rings is 1. The Kier molecular flexibility index (Phi) is 6.32. The van der Waals surface area contributed by atoms with Crippen molar-refractivity contribution in [2.75, 3.05) is 31.5 Å². The summed E-state index contributed by atoms with van der Waals surface area (Å²) in [6.07, 6.45) is 0.732. The smallest absolute Gasteiger partial charge is 0.281 e. The van der Waals surface area contributed by atoms with E-state index < -0.39 is 10.2 Å². The molecule has 6 nitrogen and oxygen atoms in total. The lowest BCUT2D eigenvalue weighted by molar-refractivity contribution is 0.377. The van der Waals surface area contributed by atoms with Gasteiger partial charge in [0.2, 0.25) is 0 Å². The van der Waals surface area contributed by atoms with Crippen LogP contribution >= 0.6 is 0 Å². The first-order valence-corrected chi connectivity index (χ1v) is 11.0. The molecule has 1 N–H and O–H groups in total. The van der Waals surface area contributed by atoms with Gasteiger partial charge >= 0.3 is 0 Å². The minimum absolute atomic E-state index is 0.0401. The van der Waals surface area contributed by atoms with Crippen LogP contribution in [0.1, 0.15) is 37.6 Å². The zero-order valence-corrected chi connectivity index (χ0v) is 17.3. The van der Waals surface area contributed by atoms with Crippen LogP contribution in [0.5, 0.6) is 0 Å². The zero-order valence-electron chi connectivity index (χ0n) is 16.5. The van der Waals surface area contributed by atoms with E-state index in [4.69, 9.17) is 0 Å². The first-order chi connectivity index (χ1) is 13.3. The molecule has 1 atom stereocenters. The Balaban J connectivity index is 1.78. The van der Waals surface area contributed by atoms with Crippen molar-refractivity contribution in [3.63, 3.8) is 0 Å². The molecule has 1 aromatic carbocycles. The van der Waals surface area contributed by atoms with Crippen LogP contribution < -0.4 is 5.32 Å². The number of rotatable bonds is 7. The van der Waals surface area contributed by atoms with Crippen LogP contribution in [0.4, 0.5) is 15.8 Å². The minimum Gasteiger partial charge on any atom is -0.355 e. The normalized spacial score (nSPS) is 18.0. The highest BCUT2D eigenvalue weighted by molar-refractivity contribution is 7.86. The molecule has 1 fully saturated rings. The van der Waals surface area contributed by atoms with Crippen LogP contribution in [-0.2, 0) is 10.2 Å². The van der Waals surface area contributed by atoms with Gasteiger partial charge in [0.05, 0.1) is 0 Å². The third kappa shape index (κ3) is 4.51. The summed E-state index contributed by atoms with van der Waals surface area (Å²) in [7, 11) is -3.43. The maximum atomic E-state index is 13.4. The average Bonchev–Trinajstić information content (AvgIpc) is 3.13. The highest BCUT2D eigenvalue weighted by Crippen LogP contribution is 2.31. The lowest BCUT2D eigenvalue weighted by Gasteiger charge is -2.25. The molecule has 2 aromatic rings. The molecule has 2 heterocycles. The first-order valence-electron chi connectivity index (χ1n) is 9.60. The number of halogens is 1. The second-order valence-corrected chi connectivity index (χ2v) is 8.92. The quantitative estimate of drug-likeness (QED) is 0.762. The molecule has 0 bridgehead atoms. The molecule has 1 aromatic heterocycles. The van der Waals surface area contributed by atoms with Crippen molar-refractivity contribution in [2.24, 2.45) is 0 Å². The Morgan fingerprint density at radius 1 is 1.21 bits per heavy atom. The monoisotopic (exact) mass is 406 g/mol. The van der Waals surface area contributed by atoms with Gasteiger partial charge in [-0.15, -0.1) is 0 Å². The van der Waals surface area contributed by atoms with Gasteiger partial charge in [0, 0.05) is 54.9 Å². The lowest BCUT2D eigenvalue weighted by Crippen LogP contribution is -2.42. The molecule has 3 rings (SSSR count). The fourth-order valence-electron chi connectivity index (χ4n) is 3.60. The summed E-state index contributed by atoms with van der Waals surface area (Å²) in [6.45, 7) is 7.44. The number of anilines is 2. The fraction of sp³-hybridized carbons (Fsp3) is 0.450. The summed E-state index contributed by atoms with van der Waals surface area (Å²) in [4.78, 5) is 4.63. The SMILES string of the molecule is CCN(CC)S(=O)(=O)N1CC[C@H](c2cc(Nc3cccc(F)c3)cc(C)n2)C1. The fourth-order valence-corrected chi connectivity index (χ4v) is 5.28. The van der Waals surface area contributed by atoms with Gasteiger partial charge in [-0.25, -0.2) is 4.39 Å². The van der Waals surface area contributed by atoms with Crippen molar-refractivity contribution in [3.05, 3.63) is 53.6 Å². The number of aromatic nitrogens is 1. The number of aryl methyl sites for hydroxylation is 1. The van der Waals surface area contributed by atoms with Gasteiger partial charge < -0.3 is 5.32 Å². The number of nitrogens with zero attached hydrogens (tertiary/aromatic N) is 3. The summed E-state index contributed by atoms with van der Waals surface area (Å²) < 4.78 is 42.0. The largest absolute Gasteiger partial charge is 0.355 e. The highest BCUT2D eigenvalue weighted by Gasteiger charge is 2.35. The van der Waals surface area contributed by atoms with E-state index in [1.807, 2.05) is 32.9 Å². The molecule has 152 valence electrons. The van der Waals surface area contributed by atoms with Gasteiger partial charge in [-0.1, -0.05) is 19.9 Å². The van der Waals surface area contributed by atoms with Gasteiger partial charge in [-0.3, -0.25) is 4.98 Å². The Morgan fingerprint density at radius 3 is 2.64 bits per heavy atom. The number of nitrogens with one attached hydrogen (secondary N) is 1. The summed E-state index contributed by atoms with van der Waals surface area (Å²) in [5.41, 5.74) is 3.17. The average molecular weight is 407 g/mol. The van der Waals surface area contributed by atoms with E-state index in [-0.39, 0.29) is 11.7 Å². The maximum absolute atomic E-state index is 13.4. The molecule has 1 aliphatic rings. The molecule has 1 aliphatic heterocycles. The lowest BCUT2D eigenvalue weighted by atomic mass is 10.0. The van der Waals surface area contributed by atoms with Crippen molar-refractivity contribution in [1.29, 1.82) is 0 Å². The Bertz CT molecular complexity index is 932. The van der Waals surface area contributed by atoms with Crippen molar-refractivity contribution >= 4 is 21.6 Å². The van der Waals surface area contributed by atoms with Crippen LogP contribution in [0, 0.1) is 12.7 Å². The van der Waals surface area contributed by atoms with E-state index in [0.717, 1.165) is 23.5 Å². The third-order valence-electron chi connectivity index (χ3n) is 5.01. The second kappa shape index (κ2) is 8.55. The van der Waals surface area contributed by atoms with Crippen molar-refractivity contribution in [2.45, 2.75) is 33.1 Å². The molecule has 0 amide bonds. The third-order valence-corrected chi connectivity index (χ3v) is 7.17. The highest BCUT2D eigenvalue weighted by atomic mass is 32.2. The summed E-state index contributed by atoms with van der Waals surface area (Å²) in [6, 6.07) is 10.1. The number of pyridine rings is 1. The van der Waals surface area contributed by atoms with Crippen LogP contribution in [0.15, 0.2) is 36.4 Å². The summed E-state index contributed by atoms with van der Waals surface area (Å²) in [5.74, 6) is -0.262. The minimum atomic E-state index is -3.43. The molecule has 0 radical (unpaired) electrons. The Labute approximate surface area is 166 Å². The summed E-state index contributed by atoms with van der Waals surface area (Å²) >= 11 is 0. The van der Waals surface area contributed by atoms with Crippen LogP contribution in [0.2, 0.25) is 0 Å². The molecule has 0 aliphatic carbocycles. The van der Waals surface area contributed by atoms with E-state index in [0.29, 0.717) is 31.9 Å².